The molecule has 176 valence electrons. The summed E-state index contributed by atoms with van der Waals surface area (Å²) >= 11 is 0. The Morgan fingerprint density at radius 1 is 1.09 bits per heavy atom. The molecule has 0 radical (unpaired) electrons. The number of rotatable bonds is 8. The normalized spacial score (nSPS) is 10.8. The van der Waals surface area contributed by atoms with Gasteiger partial charge < -0.3 is 15.4 Å². The van der Waals surface area contributed by atoms with Gasteiger partial charge in [0.1, 0.15) is 11.4 Å². The summed E-state index contributed by atoms with van der Waals surface area (Å²) in [6, 6.07) is 18.9. The number of methoxy groups -OCH3 is 1. The third kappa shape index (κ3) is 6.00. The molecule has 0 aliphatic carbocycles. The lowest BCUT2D eigenvalue weighted by Crippen LogP contribution is -2.31. The summed E-state index contributed by atoms with van der Waals surface area (Å²) < 4.78 is 7.02. The molecule has 0 aliphatic heterocycles. The van der Waals surface area contributed by atoms with Gasteiger partial charge in [-0.05, 0) is 55.0 Å². The van der Waals surface area contributed by atoms with E-state index in [4.69, 9.17) is 9.84 Å². The summed E-state index contributed by atoms with van der Waals surface area (Å²) in [5.41, 5.74) is 4.69. The Balaban J connectivity index is 1.45. The minimum absolute atomic E-state index is 0.182. The summed E-state index contributed by atoms with van der Waals surface area (Å²) in [6.07, 6.45) is 8.31. The predicted octanol–water partition coefficient (Wildman–Crippen LogP) is 4.02. The zero-order chi connectivity index (χ0) is 24.6. The van der Waals surface area contributed by atoms with Crippen LogP contribution < -0.4 is 15.4 Å². The second-order valence-electron chi connectivity index (χ2n) is 7.76. The van der Waals surface area contributed by atoms with Crippen LogP contribution in [0.3, 0.4) is 0 Å². The first-order chi connectivity index (χ1) is 17.0. The van der Waals surface area contributed by atoms with Gasteiger partial charge >= 0.3 is 0 Å². The van der Waals surface area contributed by atoms with Crippen molar-refractivity contribution >= 4 is 23.6 Å². The molecule has 2 heterocycles. The van der Waals surface area contributed by atoms with Crippen LogP contribution in [-0.4, -0.2) is 40.2 Å². The van der Waals surface area contributed by atoms with Crippen LogP contribution in [0.25, 0.3) is 23.0 Å². The molecule has 8 heteroatoms. The maximum atomic E-state index is 12.4. The van der Waals surface area contributed by atoms with Gasteiger partial charge in [-0.2, -0.15) is 5.10 Å². The molecule has 4 aromatic rings. The highest BCUT2D eigenvalue weighted by molar-refractivity contribution is 5.99. The predicted molar refractivity (Wildman–Crippen MR) is 135 cm³/mol. The Morgan fingerprint density at radius 3 is 2.66 bits per heavy atom. The molecule has 2 N–H and O–H groups in total. The fourth-order valence-corrected chi connectivity index (χ4v) is 3.46. The van der Waals surface area contributed by atoms with Gasteiger partial charge in [-0.25, -0.2) is 4.68 Å². The lowest BCUT2D eigenvalue weighted by molar-refractivity contribution is -0.121. The Bertz CT molecular complexity index is 1350. The second-order valence-corrected chi connectivity index (χ2v) is 7.76. The molecular weight excluding hydrogens is 442 g/mol. The van der Waals surface area contributed by atoms with E-state index in [1.54, 1.807) is 29.2 Å². The van der Waals surface area contributed by atoms with Crippen LogP contribution in [0, 0.1) is 6.92 Å². The van der Waals surface area contributed by atoms with Crippen LogP contribution >= 0.6 is 0 Å². The number of aromatic nitrogens is 3. The van der Waals surface area contributed by atoms with Gasteiger partial charge in [0.2, 0.25) is 11.8 Å². The second kappa shape index (κ2) is 10.9. The van der Waals surface area contributed by atoms with Crippen molar-refractivity contribution in [1.82, 2.24) is 20.1 Å². The molecule has 0 spiro atoms. The summed E-state index contributed by atoms with van der Waals surface area (Å²) in [7, 11) is 1.53. The number of benzene rings is 2. The number of hydrogen-bond donors (Lipinski definition) is 2. The number of anilines is 1. The van der Waals surface area contributed by atoms with Gasteiger partial charge in [-0.1, -0.05) is 24.3 Å². The SMILES string of the molecule is COc1ccc(C)cc1NC(=O)CNC(=O)/C=C/c1cn(-c2ccccc2)nc1-c1cccnc1. The van der Waals surface area contributed by atoms with Crippen molar-refractivity contribution in [2.75, 3.05) is 19.0 Å². The quantitative estimate of drug-likeness (QED) is 0.382. The molecule has 4 rings (SSSR count). The van der Waals surface area contributed by atoms with E-state index in [9.17, 15) is 9.59 Å². The number of aryl methyl sites for hydroxylation is 1. The number of nitrogens with one attached hydrogen (secondary N) is 2. The topological polar surface area (TPSA) is 98.1 Å². The van der Waals surface area contributed by atoms with Gasteiger partial charge in [0.15, 0.2) is 0 Å². The molecule has 0 saturated carbocycles. The van der Waals surface area contributed by atoms with Gasteiger partial charge in [0.25, 0.3) is 0 Å². The van der Waals surface area contributed by atoms with E-state index >= 15 is 0 Å². The van der Waals surface area contributed by atoms with Gasteiger partial charge in [-0.15, -0.1) is 0 Å². The molecule has 0 saturated heterocycles. The van der Waals surface area contributed by atoms with Crippen LogP contribution in [-0.2, 0) is 9.59 Å². The number of carbonyl (C=O) groups is 2. The van der Waals surface area contributed by atoms with E-state index in [1.807, 2.05) is 67.7 Å². The van der Waals surface area contributed by atoms with Gasteiger partial charge in [-0.3, -0.25) is 14.6 Å². The molecule has 35 heavy (non-hydrogen) atoms. The van der Waals surface area contributed by atoms with Crippen molar-refractivity contribution < 1.29 is 14.3 Å². The van der Waals surface area contributed by atoms with E-state index in [0.717, 1.165) is 22.4 Å². The van der Waals surface area contributed by atoms with E-state index in [2.05, 4.69) is 15.6 Å². The number of carbonyl (C=O) groups excluding carboxylic acids is 2. The largest absolute Gasteiger partial charge is 0.495 e. The average molecular weight is 468 g/mol. The number of para-hydroxylation sites is 1. The molecule has 2 aromatic carbocycles. The van der Waals surface area contributed by atoms with Crippen molar-refractivity contribution in [2.45, 2.75) is 6.92 Å². The van der Waals surface area contributed by atoms with Crippen LogP contribution in [0.2, 0.25) is 0 Å². The zero-order valence-corrected chi connectivity index (χ0v) is 19.4. The maximum Gasteiger partial charge on any atom is 0.244 e. The Morgan fingerprint density at radius 2 is 1.91 bits per heavy atom. The third-order valence-electron chi connectivity index (χ3n) is 5.16. The first kappa shape index (κ1) is 23.4. The Kier molecular flexibility index (Phi) is 7.32. The molecule has 2 amide bonds. The van der Waals surface area contributed by atoms with E-state index in [-0.39, 0.29) is 12.5 Å². The lowest BCUT2D eigenvalue weighted by Gasteiger charge is -2.11. The molecule has 2 aromatic heterocycles. The zero-order valence-electron chi connectivity index (χ0n) is 19.4. The Hall–Kier alpha value is -4.72. The van der Waals surface area contributed by atoms with Crippen LogP contribution in [0.4, 0.5) is 5.69 Å². The van der Waals surface area contributed by atoms with Crippen molar-refractivity contribution in [2.24, 2.45) is 0 Å². The number of nitrogens with zero attached hydrogens (tertiary/aromatic N) is 3. The van der Waals surface area contributed by atoms with Crippen LogP contribution in [0.15, 0.2) is 85.3 Å². The van der Waals surface area contributed by atoms with Crippen molar-refractivity contribution in [3.05, 3.63) is 96.5 Å². The van der Waals surface area contributed by atoms with Crippen LogP contribution in [0.5, 0.6) is 5.75 Å². The number of ether oxygens (including phenoxy) is 1. The fourth-order valence-electron chi connectivity index (χ4n) is 3.46. The lowest BCUT2D eigenvalue weighted by atomic mass is 10.1. The van der Waals surface area contributed by atoms with Gasteiger partial charge in [0.05, 0.1) is 25.0 Å². The van der Waals surface area contributed by atoms with E-state index < -0.39 is 5.91 Å². The smallest absolute Gasteiger partial charge is 0.244 e. The number of hydrogen-bond acceptors (Lipinski definition) is 5. The minimum atomic E-state index is -0.402. The summed E-state index contributed by atoms with van der Waals surface area (Å²) in [5, 5.41) is 10.1. The van der Waals surface area contributed by atoms with Gasteiger partial charge in [0, 0.05) is 35.8 Å². The van der Waals surface area contributed by atoms with Crippen LogP contribution in [0.1, 0.15) is 11.1 Å². The molecular formula is C27H25N5O3. The monoisotopic (exact) mass is 467 g/mol. The molecule has 0 unspecified atom stereocenters. The third-order valence-corrected chi connectivity index (χ3v) is 5.16. The van der Waals surface area contributed by atoms with Crippen molar-refractivity contribution in [3.63, 3.8) is 0 Å². The highest BCUT2D eigenvalue weighted by atomic mass is 16.5. The first-order valence-corrected chi connectivity index (χ1v) is 11.0. The summed E-state index contributed by atoms with van der Waals surface area (Å²) in [6.45, 7) is 1.74. The summed E-state index contributed by atoms with van der Waals surface area (Å²) in [4.78, 5) is 29.0. The fraction of sp³-hybridized carbons (Fsp3) is 0.111. The van der Waals surface area contributed by atoms with Crippen molar-refractivity contribution in [1.29, 1.82) is 0 Å². The van der Waals surface area contributed by atoms with E-state index in [1.165, 1.54) is 13.2 Å². The molecule has 0 fully saturated rings. The highest BCUT2D eigenvalue weighted by Gasteiger charge is 2.12. The molecule has 0 bridgehead atoms. The number of pyridine rings is 1. The van der Waals surface area contributed by atoms with Crippen molar-refractivity contribution in [3.8, 4) is 22.7 Å². The maximum absolute atomic E-state index is 12.4. The summed E-state index contributed by atoms with van der Waals surface area (Å²) in [5.74, 6) is -0.210. The average Bonchev–Trinajstić information content (AvgIpc) is 3.32. The van der Waals surface area contributed by atoms with E-state index in [0.29, 0.717) is 17.1 Å². The Labute approximate surface area is 203 Å². The number of amides is 2. The molecule has 8 nitrogen and oxygen atoms in total. The first-order valence-electron chi connectivity index (χ1n) is 11.0. The highest BCUT2D eigenvalue weighted by Crippen LogP contribution is 2.25. The molecule has 0 aliphatic rings. The standard InChI is InChI=1S/C27H25N5O3/c1-19-10-12-24(35-2)23(15-19)30-26(34)17-29-25(33)13-11-21-18-32(22-8-4-3-5-9-22)31-27(21)20-7-6-14-28-16-20/h3-16,18H,17H2,1-2H3,(H,29,33)(H,30,34)/b13-11+. The molecule has 0 atom stereocenters. The minimum Gasteiger partial charge on any atom is -0.495 e.